The molecule has 1 nitrogen and oxygen atoms in total. The average Bonchev–Trinajstić information content (AvgIpc) is 3.05. The number of allylic oxidation sites excluding steroid dienone is 4. The Hall–Kier alpha value is -0.980. The molecule has 4 fully saturated rings. The molecule has 0 saturated heterocycles. The molecule has 29 heavy (non-hydrogen) atoms. The van der Waals surface area contributed by atoms with E-state index in [2.05, 4.69) is 38.7 Å². The van der Waals surface area contributed by atoms with Crippen molar-refractivity contribution in [2.75, 3.05) is 7.05 Å². The molecule has 7 unspecified atom stereocenters. The topological polar surface area (TPSA) is 12.0 Å². The summed E-state index contributed by atoms with van der Waals surface area (Å²) in [6, 6.07) is 0. The van der Waals surface area contributed by atoms with Crippen molar-refractivity contribution >= 4 is 0 Å². The zero-order valence-corrected chi connectivity index (χ0v) is 19.7. The monoisotopic (exact) mass is 395 g/mol. The molecular weight excluding hydrogens is 350 g/mol. The summed E-state index contributed by atoms with van der Waals surface area (Å²) in [4.78, 5) is 0. The van der Waals surface area contributed by atoms with Crippen molar-refractivity contribution < 1.29 is 0 Å². The summed E-state index contributed by atoms with van der Waals surface area (Å²) in [6.45, 7) is 16.5. The van der Waals surface area contributed by atoms with Crippen molar-refractivity contribution in [2.24, 2.45) is 40.4 Å². The lowest BCUT2D eigenvalue weighted by atomic mass is 9.43. The Bertz CT molecular complexity index is 686. The minimum Gasteiger partial charge on any atom is -0.392 e. The fourth-order valence-electron chi connectivity index (χ4n) is 8.75. The van der Waals surface area contributed by atoms with E-state index < -0.39 is 0 Å². The highest BCUT2D eigenvalue weighted by Crippen LogP contribution is 2.69. The van der Waals surface area contributed by atoms with Gasteiger partial charge in [0.25, 0.3) is 0 Å². The molecule has 0 aromatic carbocycles. The van der Waals surface area contributed by atoms with Gasteiger partial charge in [-0.1, -0.05) is 45.9 Å². The van der Waals surface area contributed by atoms with Gasteiger partial charge in [-0.25, -0.2) is 0 Å². The molecule has 162 valence electrons. The number of nitrogens with one attached hydrogen (secondary N) is 1. The average molecular weight is 396 g/mol. The fourth-order valence-corrected chi connectivity index (χ4v) is 8.75. The molecule has 4 saturated carbocycles. The van der Waals surface area contributed by atoms with Gasteiger partial charge < -0.3 is 5.32 Å². The van der Waals surface area contributed by atoms with Crippen LogP contribution >= 0.6 is 0 Å². The molecule has 1 heteroatoms. The van der Waals surface area contributed by atoms with Crippen LogP contribution in [0.4, 0.5) is 0 Å². The van der Waals surface area contributed by atoms with Crippen LogP contribution in [0.25, 0.3) is 0 Å². The highest BCUT2D eigenvalue weighted by molar-refractivity contribution is 5.40. The van der Waals surface area contributed by atoms with E-state index in [1.165, 1.54) is 69.9 Å². The van der Waals surface area contributed by atoms with E-state index in [9.17, 15) is 0 Å². The number of hydrogen-bond acceptors (Lipinski definition) is 1. The number of fused-ring (bicyclic) bond motifs is 5. The maximum Gasteiger partial charge on any atom is 0.00310 e. The Morgan fingerprint density at radius 3 is 2.55 bits per heavy atom. The summed E-state index contributed by atoms with van der Waals surface area (Å²) in [6.07, 6.45) is 17.8. The summed E-state index contributed by atoms with van der Waals surface area (Å²) < 4.78 is 0. The lowest BCUT2D eigenvalue weighted by Crippen LogP contribution is -2.54. The van der Waals surface area contributed by atoms with E-state index in [1.54, 1.807) is 11.1 Å². The van der Waals surface area contributed by atoms with Crippen LogP contribution in [0, 0.1) is 40.4 Å². The van der Waals surface area contributed by atoms with Crippen LogP contribution in [0.5, 0.6) is 0 Å². The third kappa shape index (κ3) is 3.26. The summed E-state index contributed by atoms with van der Waals surface area (Å²) in [5, 5.41) is 3.23. The molecule has 0 radical (unpaired) electrons. The third-order valence-corrected chi connectivity index (χ3v) is 10.4. The molecule has 1 N–H and O–H groups in total. The van der Waals surface area contributed by atoms with Crippen LogP contribution in [-0.4, -0.2) is 7.05 Å². The van der Waals surface area contributed by atoms with Gasteiger partial charge in [-0.3, -0.25) is 0 Å². The Kier molecular flexibility index (Phi) is 5.82. The second kappa shape index (κ2) is 7.93. The van der Waals surface area contributed by atoms with Gasteiger partial charge in [0.15, 0.2) is 0 Å². The first-order chi connectivity index (χ1) is 13.9. The van der Waals surface area contributed by atoms with Gasteiger partial charge in [-0.15, -0.1) is 0 Å². The second-order valence-electron chi connectivity index (χ2n) is 11.4. The van der Waals surface area contributed by atoms with Crippen LogP contribution in [0.3, 0.4) is 0 Å². The van der Waals surface area contributed by atoms with E-state index in [4.69, 9.17) is 6.58 Å². The van der Waals surface area contributed by atoms with Crippen molar-refractivity contribution in [3.8, 4) is 0 Å². The van der Waals surface area contributed by atoms with Crippen LogP contribution in [0.1, 0.15) is 91.4 Å². The summed E-state index contributed by atoms with van der Waals surface area (Å²) >= 11 is 0. The largest absolute Gasteiger partial charge is 0.392 e. The normalized spacial score (nSPS) is 45.4. The van der Waals surface area contributed by atoms with Crippen LogP contribution < -0.4 is 5.32 Å². The summed E-state index contributed by atoms with van der Waals surface area (Å²) in [5.41, 5.74) is 5.47. The molecule has 4 rings (SSSR count). The molecule has 0 aliphatic heterocycles. The van der Waals surface area contributed by atoms with Crippen LogP contribution in [0.15, 0.2) is 36.1 Å². The van der Waals surface area contributed by atoms with Gasteiger partial charge in [0.05, 0.1) is 0 Å². The molecule has 0 spiro atoms. The van der Waals surface area contributed by atoms with Crippen molar-refractivity contribution in [1.29, 1.82) is 0 Å². The molecule has 4 aliphatic carbocycles. The first kappa shape index (κ1) is 21.3. The zero-order valence-electron chi connectivity index (χ0n) is 19.7. The first-order valence-electron chi connectivity index (χ1n) is 12.6. The van der Waals surface area contributed by atoms with Crippen molar-refractivity contribution in [2.45, 2.75) is 91.4 Å². The Morgan fingerprint density at radius 2 is 1.83 bits per heavy atom. The molecule has 4 aliphatic rings. The highest BCUT2D eigenvalue weighted by Gasteiger charge is 2.61. The maximum atomic E-state index is 4.80. The predicted molar refractivity (Wildman–Crippen MR) is 126 cm³/mol. The minimum atomic E-state index is 0.524. The quantitative estimate of drug-likeness (QED) is 0.504. The van der Waals surface area contributed by atoms with Gasteiger partial charge in [0.2, 0.25) is 0 Å². The molecular formula is C28H45N. The number of rotatable bonds is 5. The zero-order chi connectivity index (χ0) is 20.8. The van der Waals surface area contributed by atoms with E-state index in [-0.39, 0.29) is 0 Å². The SMILES string of the molecule is C=C(CCCC1CCC2C3C(=C)/C(=C/C)C4CCCCC4(C)C3CCC12C)NC. The minimum absolute atomic E-state index is 0.524. The van der Waals surface area contributed by atoms with Gasteiger partial charge in [0, 0.05) is 12.7 Å². The first-order valence-corrected chi connectivity index (χ1v) is 12.6. The molecule has 7 atom stereocenters. The van der Waals surface area contributed by atoms with Gasteiger partial charge in [0.1, 0.15) is 0 Å². The van der Waals surface area contributed by atoms with Gasteiger partial charge in [-0.2, -0.15) is 0 Å². The third-order valence-electron chi connectivity index (χ3n) is 10.4. The predicted octanol–water partition coefficient (Wildman–Crippen LogP) is 7.66. The van der Waals surface area contributed by atoms with Crippen molar-refractivity contribution in [3.05, 3.63) is 36.1 Å². The molecule has 0 amide bonds. The summed E-state index contributed by atoms with van der Waals surface area (Å²) in [5.74, 6) is 4.17. The maximum absolute atomic E-state index is 4.80. The van der Waals surface area contributed by atoms with E-state index in [0.717, 1.165) is 36.0 Å². The lowest BCUT2D eigenvalue weighted by molar-refractivity contribution is -0.0696. The van der Waals surface area contributed by atoms with Crippen LogP contribution in [0.2, 0.25) is 0 Å². The molecule has 0 aromatic rings. The molecule has 0 bridgehead atoms. The fraction of sp³-hybridized carbons (Fsp3) is 0.786. The molecule has 0 heterocycles. The van der Waals surface area contributed by atoms with Gasteiger partial charge in [-0.05, 0) is 116 Å². The molecule has 0 aromatic heterocycles. The Morgan fingerprint density at radius 1 is 1.07 bits per heavy atom. The van der Waals surface area contributed by atoms with Crippen molar-refractivity contribution in [1.82, 2.24) is 5.32 Å². The van der Waals surface area contributed by atoms with E-state index in [1.807, 2.05) is 7.05 Å². The Labute approximate surface area is 180 Å². The standard InChI is InChI=1S/C28H45N/c1-7-22-20(3)26-24-15-14-21(12-10-11-19(2)29-6)27(24,4)18-16-25(26)28(5)17-9-8-13-23(22)28/h7,21,23-26,29H,2-3,8-18H2,1,4-6H3/b22-7-. The smallest absolute Gasteiger partial charge is 0.00310 e. The number of hydrogen-bond donors (Lipinski definition) is 1. The van der Waals surface area contributed by atoms with E-state index in [0.29, 0.717) is 10.8 Å². The van der Waals surface area contributed by atoms with Crippen LogP contribution in [-0.2, 0) is 0 Å². The second-order valence-corrected chi connectivity index (χ2v) is 11.4. The van der Waals surface area contributed by atoms with Gasteiger partial charge >= 0.3 is 0 Å². The van der Waals surface area contributed by atoms with E-state index >= 15 is 0 Å². The lowest BCUT2D eigenvalue weighted by Gasteiger charge is -2.62. The highest BCUT2D eigenvalue weighted by atomic mass is 14.8. The van der Waals surface area contributed by atoms with Crippen molar-refractivity contribution in [3.63, 3.8) is 0 Å². The summed E-state index contributed by atoms with van der Waals surface area (Å²) in [7, 11) is 2.00. The Balaban J connectivity index is 1.58.